The second kappa shape index (κ2) is 6.92. The number of ether oxygens (including phenoxy) is 1. The number of amides is 1. The number of hydrogen-bond donors (Lipinski definition) is 2. The van der Waals surface area contributed by atoms with Crippen molar-refractivity contribution in [1.82, 2.24) is 0 Å². The summed E-state index contributed by atoms with van der Waals surface area (Å²) in [5, 5.41) is 5.52. The van der Waals surface area contributed by atoms with Crippen LogP contribution in [0.5, 0.6) is 0 Å². The molecule has 1 heterocycles. The first-order chi connectivity index (χ1) is 9.69. The minimum absolute atomic E-state index is 0.147. The Bertz CT molecular complexity index is 543. The van der Waals surface area contributed by atoms with Gasteiger partial charge in [0.15, 0.2) is 0 Å². The molecule has 1 aromatic rings. The lowest BCUT2D eigenvalue weighted by molar-refractivity contribution is -0.111. The zero-order valence-corrected chi connectivity index (χ0v) is 11.3. The summed E-state index contributed by atoms with van der Waals surface area (Å²) in [4.78, 5) is 11.3. The molecule has 0 aromatic heterocycles. The summed E-state index contributed by atoms with van der Waals surface area (Å²) in [5.41, 5.74) is 0.790. The predicted octanol–water partition coefficient (Wildman–Crippen LogP) is 2.38. The highest BCUT2D eigenvalue weighted by Gasteiger charge is 2.15. The molecule has 106 valence electrons. The molecule has 0 aliphatic carbocycles. The number of hydrogen-bond acceptors (Lipinski definition) is 3. The van der Waals surface area contributed by atoms with Crippen molar-refractivity contribution in [2.75, 3.05) is 23.8 Å². The highest BCUT2D eigenvalue weighted by molar-refractivity contribution is 6.03. The average molecular weight is 276 g/mol. The predicted molar refractivity (Wildman–Crippen MR) is 75.9 cm³/mol. The molecule has 1 amide bonds. The van der Waals surface area contributed by atoms with Gasteiger partial charge in [0.05, 0.1) is 11.8 Å². The Labute approximate surface area is 117 Å². The fourth-order valence-corrected chi connectivity index (χ4v) is 2.04. The maximum atomic E-state index is 13.9. The van der Waals surface area contributed by atoms with Gasteiger partial charge in [0.1, 0.15) is 5.82 Å². The third-order valence-corrected chi connectivity index (χ3v) is 3.01. The Balaban J connectivity index is 1.94. The van der Waals surface area contributed by atoms with Crippen LogP contribution in [0.3, 0.4) is 0 Å². The van der Waals surface area contributed by atoms with Gasteiger partial charge >= 0.3 is 0 Å². The first-order valence-corrected chi connectivity index (χ1v) is 6.58. The van der Waals surface area contributed by atoms with Crippen LogP contribution < -0.4 is 10.6 Å². The van der Waals surface area contributed by atoms with Gasteiger partial charge in [0.25, 0.3) is 5.91 Å². The van der Waals surface area contributed by atoms with Crippen LogP contribution in [0, 0.1) is 17.7 Å². The van der Waals surface area contributed by atoms with Gasteiger partial charge in [-0.25, -0.2) is 4.39 Å². The van der Waals surface area contributed by atoms with Gasteiger partial charge in [0, 0.05) is 18.8 Å². The third-order valence-electron chi connectivity index (χ3n) is 3.01. The van der Waals surface area contributed by atoms with Crippen LogP contribution in [0.2, 0.25) is 0 Å². The van der Waals surface area contributed by atoms with Crippen LogP contribution in [0.25, 0.3) is 0 Å². The van der Waals surface area contributed by atoms with E-state index in [9.17, 15) is 9.18 Å². The van der Waals surface area contributed by atoms with Gasteiger partial charge in [-0.2, -0.15) is 0 Å². The van der Waals surface area contributed by atoms with Crippen molar-refractivity contribution >= 4 is 17.3 Å². The standard InChI is InChI=1S/C15H17FN2O2/c1-2-4-15(19)18-11-6-7-14(13(16)9-11)17-10-12-5-3-8-20-12/h6-7,9,12,17H,3,5,8,10H2,1H3,(H,18,19). The van der Waals surface area contributed by atoms with Crippen molar-refractivity contribution in [3.8, 4) is 11.8 Å². The Morgan fingerprint density at radius 3 is 3.05 bits per heavy atom. The molecule has 0 radical (unpaired) electrons. The van der Waals surface area contributed by atoms with Gasteiger partial charge < -0.3 is 15.4 Å². The van der Waals surface area contributed by atoms with Crippen molar-refractivity contribution < 1.29 is 13.9 Å². The fourth-order valence-electron chi connectivity index (χ4n) is 2.04. The molecule has 0 bridgehead atoms. The Morgan fingerprint density at radius 2 is 2.40 bits per heavy atom. The molecule has 5 heteroatoms. The van der Waals surface area contributed by atoms with Gasteiger partial charge in [0.2, 0.25) is 0 Å². The maximum Gasteiger partial charge on any atom is 0.300 e. The van der Waals surface area contributed by atoms with Crippen molar-refractivity contribution in [2.24, 2.45) is 0 Å². The lowest BCUT2D eigenvalue weighted by atomic mass is 10.2. The molecule has 4 nitrogen and oxygen atoms in total. The van der Waals surface area contributed by atoms with E-state index >= 15 is 0 Å². The van der Waals surface area contributed by atoms with E-state index in [2.05, 4.69) is 22.5 Å². The number of carbonyl (C=O) groups excluding carboxylic acids is 1. The van der Waals surface area contributed by atoms with Crippen molar-refractivity contribution in [3.05, 3.63) is 24.0 Å². The number of nitrogens with one attached hydrogen (secondary N) is 2. The molecule has 1 aliphatic rings. The quantitative estimate of drug-likeness (QED) is 0.830. The summed E-state index contributed by atoms with van der Waals surface area (Å²) in [7, 11) is 0. The molecular weight excluding hydrogens is 259 g/mol. The van der Waals surface area contributed by atoms with Gasteiger partial charge in [-0.15, -0.1) is 0 Å². The van der Waals surface area contributed by atoms with Crippen LogP contribution in [-0.4, -0.2) is 25.2 Å². The zero-order chi connectivity index (χ0) is 14.4. The number of benzene rings is 1. The van der Waals surface area contributed by atoms with Gasteiger partial charge in [-0.1, -0.05) is 5.92 Å². The van der Waals surface area contributed by atoms with Crippen molar-refractivity contribution in [1.29, 1.82) is 0 Å². The topological polar surface area (TPSA) is 50.4 Å². The smallest absolute Gasteiger partial charge is 0.300 e. The van der Waals surface area contributed by atoms with E-state index in [1.54, 1.807) is 19.1 Å². The first kappa shape index (κ1) is 14.4. The lowest BCUT2D eigenvalue weighted by Gasteiger charge is -2.13. The molecule has 2 rings (SSSR count). The van der Waals surface area contributed by atoms with E-state index in [1.165, 1.54) is 6.07 Å². The Morgan fingerprint density at radius 1 is 1.55 bits per heavy atom. The van der Waals surface area contributed by atoms with Crippen LogP contribution in [0.4, 0.5) is 15.8 Å². The summed E-state index contributed by atoms with van der Waals surface area (Å²) in [6, 6.07) is 4.50. The van der Waals surface area contributed by atoms with E-state index in [1.807, 2.05) is 0 Å². The fraction of sp³-hybridized carbons (Fsp3) is 0.400. The molecule has 1 aromatic carbocycles. The molecule has 1 fully saturated rings. The zero-order valence-electron chi connectivity index (χ0n) is 11.3. The second-order valence-electron chi connectivity index (χ2n) is 4.54. The Kier molecular flexibility index (Phi) is 4.97. The van der Waals surface area contributed by atoms with Crippen LogP contribution in [0.15, 0.2) is 18.2 Å². The SMILES string of the molecule is CC#CC(=O)Nc1ccc(NCC2CCCO2)c(F)c1. The Hall–Kier alpha value is -2.06. The van der Waals surface area contributed by atoms with Gasteiger partial charge in [-0.3, -0.25) is 4.79 Å². The first-order valence-electron chi connectivity index (χ1n) is 6.58. The van der Waals surface area contributed by atoms with Crippen molar-refractivity contribution in [3.63, 3.8) is 0 Å². The van der Waals surface area contributed by atoms with E-state index in [-0.39, 0.29) is 6.10 Å². The normalized spacial score (nSPS) is 17.2. The van der Waals surface area contributed by atoms with E-state index in [0.29, 0.717) is 17.9 Å². The molecular formula is C15H17FN2O2. The maximum absolute atomic E-state index is 13.9. The average Bonchev–Trinajstić information content (AvgIpc) is 2.91. The monoisotopic (exact) mass is 276 g/mol. The molecule has 1 atom stereocenters. The number of carbonyl (C=O) groups is 1. The van der Waals surface area contributed by atoms with E-state index in [0.717, 1.165) is 19.4 Å². The highest BCUT2D eigenvalue weighted by Crippen LogP contribution is 2.20. The molecule has 1 aliphatic heterocycles. The molecule has 2 N–H and O–H groups in total. The second-order valence-corrected chi connectivity index (χ2v) is 4.54. The molecule has 1 unspecified atom stereocenters. The van der Waals surface area contributed by atoms with Crippen LogP contribution in [-0.2, 0) is 9.53 Å². The molecule has 20 heavy (non-hydrogen) atoms. The summed E-state index contributed by atoms with van der Waals surface area (Å²) in [6.07, 6.45) is 2.20. The van der Waals surface area contributed by atoms with E-state index in [4.69, 9.17) is 4.74 Å². The minimum Gasteiger partial charge on any atom is -0.380 e. The molecule has 0 spiro atoms. The van der Waals surface area contributed by atoms with E-state index < -0.39 is 11.7 Å². The van der Waals surface area contributed by atoms with Crippen LogP contribution >= 0.6 is 0 Å². The summed E-state index contributed by atoms with van der Waals surface area (Å²) in [6.45, 7) is 2.93. The lowest BCUT2D eigenvalue weighted by Crippen LogP contribution is -2.19. The highest BCUT2D eigenvalue weighted by atomic mass is 19.1. The van der Waals surface area contributed by atoms with Crippen LogP contribution in [0.1, 0.15) is 19.8 Å². The molecule has 1 saturated heterocycles. The number of rotatable bonds is 4. The number of halogens is 1. The summed E-state index contributed by atoms with van der Waals surface area (Å²) in [5.74, 6) is 3.96. The number of anilines is 2. The van der Waals surface area contributed by atoms with Crippen molar-refractivity contribution in [2.45, 2.75) is 25.9 Å². The molecule has 0 saturated carbocycles. The minimum atomic E-state index is -0.452. The largest absolute Gasteiger partial charge is 0.380 e. The van der Waals surface area contributed by atoms with Gasteiger partial charge in [-0.05, 0) is 43.9 Å². The summed E-state index contributed by atoms with van der Waals surface area (Å²) < 4.78 is 19.3. The third kappa shape index (κ3) is 3.97. The summed E-state index contributed by atoms with van der Waals surface area (Å²) >= 11 is 0.